The normalized spacial score (nSPS) is 13.5. The second-order valence-electron chi connectivity index (χ2n) is 7.38. The molecule has 1 aliphatic heterocycles. The van der Waals surface area contributed by atoms with E-state index in [2.05, 4.69) is 9.62 Å². The molecule has 0 saturated carbocycles. The molecule has 1 N–H and O–H groups in total. The summed E-state index contributed by atoms with van der Waals surface area (Å²) in [5.41, 5.74) is 4.02. The molecule has 0 radical (unpaired) electrons. The van der Waals surface area contributed by atoms with Crippen molar-refractivity contribution in [3.05, 3.63) is 90.2 Å². The number of rotatable bonds is 4. The van der Waals surface area contributed by atoms with Crippen molar-refractivity contribution in [2.75, 3.05) is 21.9 Å². The summed E-state index contributed by atoms with van der Waals surface area (Å²) in [7, 11) is 0. The maximum atomic E-state index is 14.6. The molecule has 2 heterocycles. The van der Waals surface area contributed by atoms with Gasteiger partial charge in [0.1, 0.15) is 5.82 Å². The summed E-state index contributed by atoms with van der Waals surface area (Å²) in [6.45, 7) is 0.894. The Balaban J connectivity index is 1.37. The first-order valence-electron chi connectivity index (χ1n) is 10.1. The second-order valence-corrected chi connectivity index (χ2v) is 8.48. The molecule has 0 spiro atoms. The maximum Gasteiger partial charge on any atom is 0.258 e. The fourth-order valence-corrected chi connectivity index (χ4v) is 4.68. The molecule has 0 aliphatic carbocycles. The van der Waals surface area contributed by atoms with Crippen molar-refractivity contribution < 1.29 is 9.18 Å². The molecular weight excluding hydrogens is 409 g/mol. The number of pyridine rings is 1. The number of hydrogen-bond donors (Lipinski definition) is 1. The summed E-state index contributed by atoms with van der Waals surface area (Å²) in [6, 6.07) is 24.1. The van der Waals surface area contributed by atoms with Crippen LogP contribution in [0.2, 0.25) is 0 Å². The molecule has 6 heteroatoms. The molecule has 0 bridgehead atoms. The molecule has 1 aliphatic rings. The van der Waals surface area contributed by atoms with Gasteiger partial charge in [0.05, 0.1) is 16.8 Å². The standard InChI is InChI=1S/C25H20FN3OS/c26-22-16-20(29-13-4-14-31-29)10-11-21(22)25(30)27-19-7-3-6-18(15-19)24-12-9-17-5-1-2-8-23(17)28-24/h1-3,5-12,15-16H,4,13-14H2,(H,27,30). The van der Waals surface area contributed by atoms with Crippen molar-refractivity contribution in [1.29, 1.82) is 0 Å². The summed E-state index contributed by atoms with van der Waals surface area (Å²) in [4.78, 5) is 17.4. The van der Waals surface area contributed by atoms with Crippen LogP contribution in [-0.4, -0.2) is 23.2 Å². The Labute approximate surface area is 184 Å². The molecule has 1 saturated heterocycles. The third kappa shape index (κ3) is 4.11. The summed E-state index contributed by atoms with van der Waals surface area (Å²) in [5, 5.41) is 3.88. The Morgan fingerprint density at radius 3 is 2.74 bits per heavy atom. The molecular formula is C25H20FN3OS. The van der Waals surface area contributed by atoms with Gasteiger partial charge in [-0.1, -0.05) is 36.4 Å². The highest BCUT2D eigenvalue weighted by molar-refractivity contribution is 8.00. The van der Waals surface area contributed by atoms with E-state index in [9.17, 15) is 9.18 Å². The lowest BCUT2D eigenvalue weighted by Gasteiger charge is -2.16. The lowest BCUT2D eigenvalue weighted by Crippen LogP contribution is -2.15. The highest BCUT2D eigenvalue weighted by atomic mass is 32.2. The van der Waals surface area contributed by atoms with E-state index in [-0.39, 0.29) is 5.56 Å². The molecule has 1 fully saturated rings. The number of halogens is 1. The third-order valence-corrected chi connectivity index (χ3v) is 6.43. The molecule has 0 unspecified atom stereocenters. The minimum atomic E-state index is -0.519. The molecule has 1 amide bonds. The van der Waals surface area contributed by atoms with Crippen LogP contribution in [0, 0.1) is 5.82 Å². The zero-order valence-corrected chi connectivity index (χ0v) is 17.5. The van der Waals surface area contributed by atoms with Crippen LogP contribution in [0.3, 0.4) is 0 Å². The first-order chi connectivity index (χ1) is 15.2. The van der Waals surface area contributed by atoms with Crippen LogP contribution < -0.4 is 9.62 Å². The average molecular weight is 430 g/mol. The quantitative estimate of drug-likeness (QED) is 0.395. The summed E-state index contributed by atoms with van der Waals surface area (Å²) in [6.07, 6.45) is 1.08. The lowest BCUT2D eigenvalue weighted by atomic mass is 10.1. The van der Waals surface area contributed by atoms with Crippen LogP contribution in [0.25, 0.3) is 22.2 Å². The van der Waals surface area contributed by atoms with Gasteiger partial charge >= 0.3 is 0 Å². The Morgan fingerprint density at radius 2 is 1.90 bits per heavy atom. The number of hydrogen-bond acceptors (Lipinski definition) is 4. The summed E-state index contributed by atoms with van der Waals surface area (Å²) < 4.78 is 16.7. The molecule has 4 aromatic rings. The van der Waals surface area contributed by atoms with Gasteiger partial charge in [-0.05, 0) is 60.8 Å². The maximum absolute atomic E-state index is 14.6. The Hall–Kier alpha value is -3.38. The SMILES string of the molecule is O=C(Nc1cccc(-c2ccc3ccccc3n2)c1)c1ccc(N2CCCS2)cc1F. The topological polar surface area (TPSA) is 45.2 Å². The van der Waals surface area contributed by atoms with Crippen LogP contribution in [0.15, 0.2) is 78.9 Å². The van der Waals surface area contributed by atoms with E-state index in [1.807, 2.05) is 54.6 Å². The first kappa shape index (κ1) is 19.6. The zero-order valence-electron chi connectivity index (χ0n) is 16.7. The first-order valence-corrected chi connectivity index (χ1v) is 11.1. The van der Waals surface area contributed by atoms with Crippen molar-refractivity contribution in [3.8, 4) is 11.3 Å². The van der Waals surface area contributed by atoms with Crippen molar-refractivity contribution in [3.63, 3.8) is 0 Å². The number of nitrogens with one attached hydrogen (secondary N) is 1. The zero-order chi connectivity index (χ0) is 21.2. The average Bonchev–Trinajstić information content (AvgIpc) is 3.34. The number of benzene rings is 3. The summed E-state index contributed by atoms with van der Waals surface area (Å²) >= 11 is 1.68. The van der Waals surface area contributed by atoms with Crippen molar-refractivity contribution in [2.45, 2.75) is 6.42 Å². The number of fused-ring (bicyclic) bond motifs is 1. The third-order valence-electron chi connectivity index (χ3n) is 5.25. The van der Waals surface area contributed by atoms with E-state index in [1.165, 1.54) is 6.07 Å². The monoisotopic (exact) mass is 429 g/mol. The van der Waals surface area contributed by atoms with E-state index in [0.717, 1.165) is 46.6 Å². The fraction of sp³-hybridized carbons (Fsp3) is 0.120. The number of anilines is 2. The predicted octanol–water partition coefficient (Wildman–Crippen LogP) is 6.15. The number of aromatic nitrogens is 1. The van der Waals surface area contributed by atoms with Crippen LogP contribution in [0.1, 0.15) is 16.8 Å². The number of nitrogens with zero attached hydrogens (tertiary/aromatic N) is 2. The Bertz CT molecular complexity index is 1270. The molecule has 3 aromatic carbocycles. The highest BCUT2D eigenvalue weighted by Gasteiger charge is 2.18. The van der Waals surface area contributed by atoms with Gasteiger partial charge in [0.2, 0.25) is 0 Å². The minimum Gasteiger partial charge on any atom is -0.322 e. The van der Waals surface area contributed by atoms with E-state index < -0.39 is 11.7 Å². The fourth-order valence-electron chi connectivity index (χ4n) is 3.68. The van der Waals surface area contributed by atoms with Gasteiger partial charge in [0.15, 0.2) is 0 Å². The van der Waals surface area contributed by atoms with Gasteiger partial charge in [-0.25, -0.2) is 9.37 Å². The lowest BCUT2D eigenvalue weighted by molar-refractivity contribution is 0.102. The molecule has 4 nitrogen and oxygen atoms in total. The van der Waals surface area contributed by atoms with E-state index in [1.54, 1.807) is 30.1 Å². The van der Waals surface area contributed by atoms with E-state index in [0.29, 0.717) is 5.69 Å². The van der Waals surface area contributed by atoms with Crippen molar-refractivity contribution >= 4 is 40.1 Å². The summed E-state index contributed by atoms with van der Waals surface area (Å²) in [5.74, 6) is 0.0447. The number of para-hydroxylation sites is 1. The van der Waals surface area contributed by atoms with E-state index >= 15 is 0 Å². The van der Waals surface area contributed by atoms with Gasteiger partial charge < -0.3 is 9.62 Å². The van der Waals surface area contributed by atoms with Crippen molar-refractivity contribution in [2.24, 2.45) is 0 Å². The Morgan fingerprint density at radius 1 is 1.00 bits per heavy atom. The molecule has 1 aromatic heterocycles. The van der Waals surface area contributed by atoms with Gasteiger partial charge in [-0.2, -0.15) is 0 Å². The van der Waals surface area contributed by atoms with Crippen LogP contribution in [-0.2, 0) is 0 Å². The van der Waals surface area contributed by atoms with Crippen LogP contribution >= 0.6 is 11.9 Å². The van der Waals surface area contributed by atoms with Crippen LogP contribution in [0.4, 0.5) is 15.8 Å². The van der Waals surface area contributed by atoms with Gasteiger partial charge in [0, 0.05) is 34.6 Å². The van der Waals surface area contributed by atoms with Gasteiger partial charge in [-0.15, -0.1) is 0 Å². The highest BCUT2D eigenvalue weighted by Crippen LogP contribution is 2.30. The van der Waals surface area contributed by atoms with Gasteiger partial charge in [0.25, 0.3) is 5.91 Å². The molecule has 0 atom stereocenters. The van der Waals surface area contributed by atoms with E-state index in [4.69, 9.17) is 4.98 Å². The predicted molar refractivity (Wildman–Crippen MR) is 126 cm³/mol. The van der Waals surface area contributed by atoms with Gasteiger partial charge in [-0.3, -0.25) is 4.79 Å². The number of amides is 1. The van der Waals surface area contributed by atoms with Crippen LogP contribution in [0.5, 0.6) is 0 Å². The Kier molecular flexibility index (Phi) is 5.30. The molecule has 154 valence electrons. The number of carbonyl (C=O) groups is 1. The smallest absolute Gasteiger partial charge is 0.258 e. The number of carbonyl (C=O) groups excluding carboxylic acids is 1. The molecule has 5 rings (SSSR count). The minimum absolute atomic E-state index is 0.0298. The molecule has 31 heavy (non-hydrogen) atoms. The largest absolute Gasteiger partial charge is 0.322 e. The second kappa shape index (κ2) is 8.40. The van der Waals surface area contributed by atoms with Crippen molar-refractivity contribution in [1.82, 2.24) is 4.98 Å².